The predicted octanol–water partition coefficient (Wildman–Crippen LogP) is 5.47. The van der Waals surface area contributed by atoms with Gasteiger partial charge in [-0.15, -0.1) is 0 Å². The van der Waals surface area contributed by atoms with Gasteiger partial charge in [-0.25, -0.2) is 0 Å². The highest BCUT2D eigenvalue weighted by atomic mass is 79.9. The Kier molecular flexibility index (Phi) is 3.59. The molecule has 1 aromatic heterocycles. The summed E-state index contributed by atoms with van der Waals surface area (Å²) in [7, 11) is 0. The van der Waals surface area contributed by atoms with Crippen LogP contribution in [0.3, 0.4) is 0 Å². The quantitative estimate of drug-likeness (QED) is 0.598. The smallest absolute Gasteiger partial charge is 0.195 e. The third-order valence-corrected chi connectivity index (χ3v) is 4.64. The number of aromatic nitrogens is 1. The first kappa shape index (κ1) is 13.7. The van der Waals surface area contributed by atoms with Crippen LogP contribution in [0.2, 0.25) is 10.0 Å². The second-order valence-corrected chi connectivity index (χ2v) is 5.99. The van der Waals surface area contributed by atoms with Crippen molar-refractivity contribution < 1.29 is 4.79 Å². The lowest BCUT2D eigenvalue weighted by Gasteiger charge is -2.02. The van der Waals surface area contributed by atoms with Crippen LogP contribution in [0.1, 0.15) is 15.9 Å². The number of rotatable bonds is 2. The molecule has 0 aliphatic carbocycles. The lowest BCUT2D eigenvalue weighted by Crippen LogP contribution is -2.00. The molecule has 0 aliphatic heterocycles. The summed E-state index contributed by atoms with van der Waals surface area (Å²) in [6.45, 7) is 0. The van der Waals surface area contributed by atoms with E-state index in [0.29, 0.717) is 21.2 Å². The lowest BCUT2D eigenvalue weighted by atomic mass is 10.0. The van der Waals surface area contributed by atoms with Gasteiger partial charge in [0.25, 0.3) is 0 Å². The lowest BCUT2D eigenvalue weighted by molar-refractivity contribution is 0.104. The molecule has 0 amide bonds. The molecule has 2 nitrogen and oxygen atoms in total. The molecule has 1 heterocycles. The van der Waals surface area contributed by atoms with E-state index in [4.69, 9.17) is 23.2 Å². The van der Waals surface area contributed by atoms with Gasteiger partial charge in [0.1, 0.15) is 0 Å². The number of para-hydroxylation sites is 1. The molecule has 0 saturated heterocycles. The number of carbonyl (C=O) groups is 1. The fourth-order valence-electron chi connectivity index (χ4n) is 2.10. The Hall–Kier alpha value is -1.29. The molecule has 0 saturated carbocycles. The Morgan fingerprint density at radius 2 is 1.90 bits per heavy atom. The Balaban J connectivity index is 2.13. The van der Waals surface area contributed by atoms with Crippen molar-refractivity contribution in [2.45, 2.75) is 0 Å². The minimum Gasteiger partial charge on any atom is -0.359 e. The average Bonchev–Trinajstić information content (AvgIpc) is 2.86. The summed E-state index contributed by atoms with van der Waals surface area (Å²) in [6.07, 6.45) is 1.68. The molecular weight excluding hydrogens is 361 g/mol. The molecule has 5 heteroatoms. The van der Waals surface area contributed by atoms with Crippen molar-refractivity contribution in [2.24, 2.45) is 0 Å². The van der Waals surface area contributed by atoms with Gasteiger partial charge in [0.2, 0.25) is 0 Å². The van der Waals surface area contributed by atoms with Gasteiger partial charge in [-0.05, 0) is 40.2 Å². The van der Waals surface area contributed by atoms with Gasteiger partial charge in [-0.3, -0.25) is 4.79 Å². The summed E-state index contributed by atoms with van der Waals surface area (Å²) in [5.41, 5.74) is 1.89. The summed E-state index contributed by atoms with van der Waals surface area (Å²) in [6, 6.07) is 10.6. The van der Waals surface area contributed by atoms with Crippen LogP contribution in [0.25, 0.3) is 10.9 Å². The molecule has 20 heavy (non-hydrogen) atoms. The van der Waals surface area contributed by atoms with Crippen LogP contribution in [-0.2, 0) is 0 Å². The molecule has 0 unspecified atom stereocenters. The van der Waals surface area contributed by atoms with Crippen LogP contribution in [0, 0.1) is 0 Å². The SMILES string of the molecule is O=C(c1ccc(Br)c(Cl)c1)c1c[nH]c2c(Cl)cccc12. The zero-order valence-electron chi connectivity index (χ0n) is 10.1. The predicted molar refractivity (Wildman–Crippen MR) is 85.9 cm³/mol. The van der Waals surface area contributed by atoms with Crippen LogP contribution < -0.4 is 0 Å². The van der Waals surface area contributed by atoms with Crippen molar-refractivity contribution in [3.05, 3.63) is 68.2 Å². The van der Waals surface area contributed by atoms with Gasteiger partial charge in [0.05, 0.1) is 15.6 Å². The van der Waals surface area contributed by atoms with E-state index in [1.165, 1.54) is 0 Å². The van der Waals surface area contributed by atoms with Gasteiger partial charge in [0.15, 0.2) is 5.78 Å². The highest BCUT2D eigenvalue weighted by molar-refractivity contribution is 9.10. The molecule has 0 radical (unpaired) electrons. The molecule has 3 aromatic rings. The fourth-order valence-corrected chi connectivity index (χ4v) is 2.75. The van der Waals surface area contributed by atoms with E-state index in [-0.39, 0.29) is 5.78 Å². The first-order chi connectivity index (χ1) is 9.58. The average molecular weight is 369 g/mol. The van der Waals surface area contributed by atoms with Crippen molar-refractivity contribution in [2.75, 3.05) is 0 Å². The molecule has 0 aliphatic rings. The Labute approximate surface area is 133 Å². The molecule has 0 bridgehead atoms. The number of halogens is 3. The highest BCUT2D eigenvalue weighted by Gasteiger charge is 2.16. The van der Waals surface area contributed by atoms with Gasteiger partial charge >= 0.3 is 0 Å². The zero-order chi connectivity index (χ0) is 14.3. The van der Waals surface area contributed by atoms with Gasteiger partial charge in [-0.1, -0.05) is 35.3 Å². The Morgan fingerprint density at radius 3 is 2.65 bits per heavy atom. The van der Waals surface area contributed by atoms with E-state index in [0.717, 1.165) is 15.4 Å². The summed E-state index contributed by atoms with van der Waals surface area (Å²) < 4.78 is 0.762. The summed E-state index contributed by atoms with van der Waals surface area (Å²) in [5, 5.41) is 1.91. The van der Waals surface area contributed by atoms with Crippen molar-refractivity contribution in [3.63, 3.8) is 0 Å². The van der Waals surface area contributed by atoms with Crippen LogP contribution in [-0.4, -0.2) is 10.8 Å². The second-order valence-electron chi connectivity index (χ2n) is 4.32. The van der Waals surface area contributed by atoms with E-state index >= 15 is 0 Å². The molecule has 3 rings (SSSR count). The third-order valence-electron chi connectivity index (χ3n) is 3.09. The highest BCUT2D eigenvalue weighted by Crippen LogP contribution is 2.29. The van der Waals surface area contributed by atoms with Gasteiger partial charge in [-0.2, -0.15) is 0 Å². The maximum atomic E-state index is 12.6. The van der Waals surface area contributed by atoms with Crippen molar-refractivity contribution in [3.8, 4) is 0 Å². The summed E-state index contributed by atoms with van der Waals surface area (Å²) in [4.78, 5) is 15.6. The summed E-state index contributed by atoms with van der Waals surface area (Å²) >= 11 is 15.4. The van der Waals surface area contributed by atoms with Crippen LogP contribution in [0.4, 0.5) is 0 Å². The number of nitrogens with one attached hydrogen (secondary N) is 1. The number of fused-ring (bicyclic) bond motifs is 1. The first-order valence-corrected chi connectivity index (χ1v) is 7.38. The van der Waals surface area contributed by atoms with Gasteiger partial charge in [0, 0.05) is 27.2 Å². The maximum Gasteiger partial charge on any atom is 0.195 e. The van der Waals surface area contributed by atoms with Crippen LogP contribution >= 0.6 is 39.1 Å². The minimum absolute atomic E-state index is 0.0899. The topological polar surface area (TPSA) is 32.9 Å². The monoisotopic (exact) mass is 367 g/mol. The van der Waals surface area contributed by atoms with Crippen molar-refractivity contribution >= 4 is 55.8 Å². The van der Waals surface area contributed by atoms with E-state index in [2.05, 4.69) is 20.9 Å². The number of benzene rings is 2. The number of aromatic amines is 1. The minimum atomic E-state index is -0.0899. The number of hydrogen-bond acceptors (Lipinski definition) is 1. The number of ketones is 1. The fraction of sp³-hybridized carbons (Fsp3) is 0. The largest absolute Gasteiger partial charge is 0.359 e. The van der Waals surface area contributed by atoms with E-state index in [1.807, 2.05) is 12.1 Å². The Morgan fingerprint density at radius 1 is 1.10 bits per heavy atom. The second kappa shape index (κ2) is 5.24. The van der Waals surface area contributed by atoms with Gasteiger partial charge < -0.3 is 4.98 Å². The zero-order valence-corrected chi connectivity index (χ0v) is 13.2. The molecule has 0 fully saturated rings. The van der Waals surface area contributed by atoms with Crippen LogP contribution in [0.15, 0.2) is 47.1 Å². The standard InChI is InChI=1S/C15H8BrCl2NO/c16-11-5-4-8(6-13(11)18)15(20)10-7-19-14-9(10)2-1-3-12(14)17/h1-7,19H. The molecule has 0 spiro atoms. The normalized spacial score (nSPS) is 10.9. The first-order valence-electron chi connectivity index (χ1n) is 5.83. The number of carbonyl (C=O) groups excluding carboxylic acids is 1. The summed E-state index contributed by atoms with van der Waals surface area (Å²) in [5.74, 6) is -0.0899. The molecule has 2 aromatic carbocycles. The number of H-pyrrole nitrogens is 1. The third kappa shape index (κ3) is 2.26. The van der Waals surface area contributed by atoms with E-state index < -0.39 is 0 Å². The van der Waals surface area contributed by atoms with E-state index in [1.54, 1.807) is 30.5 Å². The number of hydrogen-bond donors (Lipinski definition) is 1. The molecule has 1 N–H and O–H groups in total. The molecular formula is C15H8BrCl2NO. The Bertz CT molecular complexity index is 826. The van der Waals surface area contributed by atoms with Crippen molar-refractivity contribution in [1.82, 2.24) is 4.98 Å². The van der Waals surface area contributed by atoms with Crippen LogP contribution in [0.5, 0.6) is 0 Å². The van der Waals surface area contributed by atoms with Crippen molar-refractivity contribution in [1.29, 1.82) is 0 Å². The molecule has 0 atom stereocenters. The molecule has 100 valence electrons. The van der Waals surface area contributed by atoms with E-state index in [9.17, 15) is 4.79 Å². The maximum absolute atomic E-state index is 12.6.